The first-order chi connectivity index (χ1) is 5.88. The van der Waals surface area contributed by atoms with E-state index in [1.54, 1.807) is 0 Å². The molecular weight excluding hydrogens is 181 g/mol. The van der Waals surface area contributed by atoms with E-state index in [-0.39, 0.29) is 18.0 Å². The lowest BCUT2D eigenvalue weighted by atomic mass is 9.81. The second-order valence-corrected chi connectivity index (χ2v) is 3.83. The molecule has 0 amide bonds. The Kier molecular flexibility index (Phi) is 3.18. The summed E-state index contributed by atoms with van der Waals surface area (Å²) in [7, 11) is 0. The molecule has 2 nitrogen and oxygen atoms in total. The molecule has 0 spiro atoms. The Morgan fingerprint density at radius 3 is 2.15 bits per heavy atom. The maximum absolute atomic E-state index is 12.0. The second kappa shape index (κ2) is 3.84. The van der Waals surface area contributed by atoms with Crippen LogP contribution in [0.3, 0.4) is 0 Å². The van der Waals surface area contributed by atoms with Crippen LogP contribution in [0.4, 0.5) is 13.2 Å². The van der Waals surface area contributed by atoms with Crippen molar-refractivity contribution in [1.82, 2.24) is 0 Å². The minimum Gasteiger partial charge on any atom is -0.326 e. The van der Waals surface area contributed by atoms with Crippen LogP contribution in [0.15, 0.2) is 0 Å². The Morgan fingerprint density at radius 2 is 1.69 bits per heavy atom. The minimum atomic E-state index is -4.06. The Morgan fingerprint density at radius 1 is 1.08 bits per heavy atom. The lowest BCUT2D eigenvalue weighted by Gasteiger charge is -2.31. The molecule has 4 N–H and O–H groups in total. The second-order valence-electron chi connectivity index (χ2n) is 3.83. The smallest absolute Gasteiger partial charge is 0.326 e. The third-order valence-electron chi connectivity index (χ3n) is 2.58. The van der Waals surface area contributed by atoms with Crippen molar-refractivity contribution in [3.05, 3.63) is 0 Å². The standard InChI is InChI=1S/C8H15F3N2/c9-8(10,11)4-5-1-2-6(12)7(13)3-5/h5-7H,1-4,12-13H2. The van der Waals surface area contributed by atoms with E-state index in [9.17, 15) is 13.2 Å². The zero-order valence-electron chi connectivity index (χ0n) is 7.35. The fourth-order valence-corrected chi connectivity index (χ4v) is 1.83. The van der Waals surface area contributed by atoms with E-state index in [0.717, 1.165) is 0 Å². The molecule has 1 fully saturated rings. The van der Waals surface area contributed by atoms with Gasteiger partial charge in [-0.05, 0) is 25.2 Å². The zero-order valence-corrected chi connectivity index (χ0v) is 7.35. The maximum atomic E-state index is 12.0. The average molecular weight is 196 g/mol. The van der Waals surface area contributed by atoms with Crippen molar-refractivity contribution >= 4 is 0 Å². The van der Waals surface area contributed by atoms with Crippen LogP contribution in [0.5, 0.6) is 0 Å². The van der Waals surface area contributed by atoms with E-state index in [1.165, 1.54) is 0 Å². The van der Waals surface area contributed by atoms with Crippen LogP contribution >= 0.6 is 0 Å². The van der Waals surface area contributed by atoms with E-state index < -0.39 is 12.6 Å². The van der Waals surface area contributed by atoms with Gasteiger partial charge in [0.15, 0.2) is 0 Å². The Labute approximate surface area is 75.5 Å². The van der Waals surface area contributed by atoms with Gasteiger partial charge in [-0.2, -0.15) is 13.2 Å². The predicted molar refractivity (Wildman–Crippen MR) is 44.0 cm³/mol. The third kappa shape index (κ3) is 3.52. The molecule has 3 unspecified atom stereocenters. The molecule has 5 heteroatoms. The maximum Gasteiger partial charge on any atom is 0.389 e. The molecule has 78 valence electrons. The molecule has 0 radical (unpaired) electrons. The molecule has 0 heterocycles. The summed E-state index contributed by atoms with van der Waals surface area (Å²) in [5.41, 5.74) is 11.2. The first kappa shape index (κ1) is 10.8. The van der Waals surface area contributed by atoms with Crippen molar-refractivity contribution in [1.29, 1.82) is 0 Å². The van der Waals surface area contributed by atoms with Gasteiger partial charge in [0.1, 0.15) is 0 Å². The summed E-state index contributed by atoms with van der Waals surface area (Å²) in [5.74, 6) is -0.324. The van der Waals surface area contributed by atoms with Gasteiger partial charge in [-0.3, -0.25) is 0 Å². The van der Waals surface area contributed by atoms with Gasteiger partial charge in [0.05, 0.1) is 0 Å². The fourth-order valence-electron chi connectivity index (χ4n) is 1.83. The molecular formula is C8H15F3N2. The van der Waals surface area contributed by atoms with Crippen LogP contribution in [0.1, 0.15) is 25.7 Å². The van der Waals surface area contributed by atoms with Gasteiger partial charge in [0, 0.05) is 18.5 Å². The molecule has 13 heavy (non-hydrogen) atoms. The Bertz CT molecular complexity index is 169. The van der Waals surface area contributed by atoms with Gasteiger partial charge in [-0.25, -0.2) is 0 Å². The number of halogens is 3. The van der Waals surface area contributed by atoms with Crippen molar-refractivity contribution in [3.63, 3.8) is 0 Å². The molecule has 0 aromatic rings. The molecule has 3 atom stereocenters. The normalized spacial score (nSPS) is 36.2. The van der Waals surface area contributed by atoms with Crippen LogP contribution in [0, 0.1) is 5.92 Å². The SMILES string of the molecule is NC1CCC(CC(F)(F)F)CC1N. The summed E-state index contributed by atoms with van der Waals surface area (Å²) in [6, 6.07) is -0.384. The quantitative estimate of drug-likeness (QED) is 0.666. The first-order valence-corrected chi connectivity index (χ1v) is 4.46. The molecule has 0 aliphatic heterocycles. The number of nitrogens with two attached hydrogens (primary N) is 2. The molecule has 1 rings (SSSR count). The monoisotopic (exact) mass is 196 g/mol. The summed E-state index contributed by atoms with van der Waals surface area (Å²) in [6.07, 6.45) is -3.21. The minimum absolute atomic E-state index is 0.121. The lowest BCUT2D eigenvalue weighted by Crippen LogP contribution is -2.46. The summed E-state index contributed by atoms with van der Waals surface area (Å²) >= 11 is 0. The van der Waals surface area contributed by atoms with E-state index in [4.69, 9.17) is 11.5 Å². The van der Waals surface area contributed by atoms with Crippen molar-refractivity contribution in [3.8, 4) is 0 Å². The Hall–Kier alpha value is -0.290. The van der Waals surface area contributed by atoms with Crippen LogP contribution in [-0.4, -0.2) is 18.3 Å². The number of rotatable bonds is 1. The van der Waals surface area contributed by atoms with Gasteiger partial charge in [0.2, 0.25) is 0 Å². The number of alkyl halides is 3. The first-order valence-electron chi connectivity index (χ1n) is 4.46. The van der Waals surface area contributed by atoms with Crippen molar-refractivity contribution < 1.29 is 13.2 Å². The van der Waals surface area contributed by atoms with Crippen LogP contribution < -0.4 is 11.5 Å². The summed E-state index contributed by atoms with van der Waals surface area (Å²) in [5, 5.41) is 0. The van der Waals surface area contributed by atoms with Crippen LogP contribution in [-0.2, 0) is 0 Å². The van der Waals surface area contributed by atoms with E-state index >= 15 is 0 Å². The molecule has 1 saturated carbocycles. The van der Waals surface area contributed by atoms with Crippen molar-refractivity contribution in [2.24, 2.45) is 17.4 Å². The Balaban J connectivity index is 2.38. The van der Waals surface area contributed by atoms with Crippen LogP contribution in [0.2, 0.25) is 0 Å². The largest absolute Gasteiger partial charge is 0.389 e. The summed E-state index contributed by atoms with van der Waals surface area (Å²) in [6.45, 7) is 0. The highest BCUT2D eigenvalue weighted by molar-refractivity contribution is 4.85. The molecule has 0 bridgehead atoms. The molecule has 1 aliphatic rings. The highest BCUT2D eigenvalue weighted by atomic mass is 19.4. The number of hydrogen-bond donors (Lipinski definition) is 2. The molecule has 1 aliphatic carbocycles. The fraction of sp³-hybridized carbons (Fsp3) is 1.00. The topological polar surface area (TPSA) is 52.0 Å². The molecule has 0 saturated heterocycles. The van der Waals surface area contributed by atoms with Gasteiger partial charge in [-0.15, -0.1) is 0 Å². The van der Waals surface area contributed by atoms with E-state index in [1.807, 2.05) is 0 Å². The van der Waals surface area contributed by atoms with Gasteiger partial charge < -0.3 is 11.5 Å². The van der Waals surface area contributed by atoms with Crippen molar-refractivity contribution in [2.75, 3.05) is 0 Å². The average Bonchev–Trinajstić information content (AvgIpc) is 1.94. The highest BCUT2D eigenvalue weighted by Gasteiger charge is 2.35. The van der Waals surface area contributed by atoms with Crippen LogP contribution in [0.25, 0.3) is 0 Å². The summed E-state index contributed by atoms with van der Waals surface area (Å²) in [4.78, 5) is 0. The summed E-state index contributed by atoms with van der Waals surface area (Å²) < 4.78 is 36.0. The molecule has 0 aromatic heterocycles. The lowest BCUT2D eigenvalue weighted by molar-refractivity contribution is -0.147. The highest BCUT2D eigenvalue weighted by Crippen LogP contribution is 2.33. The van der Waals surface area contributed by atoms with Gasteiger partial charge in [0.25, 0.3) is 0 Å². The zero-order chi connectivity index (χ0) is 10.1. The van der Waals surface area contributed by atoms with Gasteiger partial charge >= 0.3 is 6.18 Å². The van der Waals surface area contributed by atoms with Gasteiger partial charge in [-0.1, -0.05) is 0 Å². The van der Waals surface area contributed by atoms with Crippen molar-refractivity contribution in [2.45, 2.75) is 43.9 Å². The third-order valence-corrected chi connectivity index (χ3v) is 2.58. The predicted octanol–water partition coefficient (Wildman–Crippen LogP) is 1.39. The van der Waals surface area contributed by atoms with E-state index in [2.05, 4.69) is 0 Å². The van der Waals surface area contributed by atoms with E-state index in [0.29, 0.717) is 19.3 Å². The number of hydrogen-bond acceptors (Lipinski definition) is 2. The molecule has 0 aromatic carbocycles.